The number of allylic oxidation sites excluding steroid dienone is 1. The van der Waals surface area contributed by atoms with Gasteiger partial charge in [-0.15, -0.1) is 0 Å². The molecule has 1 aliphatic heterocycles. The highest BCUT2D eigenvalue weighted by Crippen LogP contribution is 2.41. The van der Waals surface area contributed by atoms with Crippen LogP contribution in [0.5, 0.6) is 11.5 Å². The van der Waals surface area contributed by atoms with Crippen LogP contribution in [0.1, 0.15) is 13.8 Å². The van der Waals surface area contributed by atoms with Crippen molar-refractivity contribution >= 4 is 29.3 Å². The Kier molecular flexibility index (Phi) is 6.55. The number of carbonyl (C=O) groups excluding carboxylic acids is 2. The number of thioether (sulfide) groups is 1. The van der Waals surface area contributed by atoms with Gasteiger partial charge in [-0.1, -0.05) is 25.6 Å². The zero-order valence-corrected chi connectivity index (χ0v) is 16.8. The molecule has 1 atom stereocenters. The van der Waals surface area contributed by atoms with Gasteiger partial charge in [-0.3, -0.25) is 9.59 Å². The van der Waals surface area contributed by atoms with E-state index in [1.54, 1.807) is 32.0 Å². The van der Waals surface area contributed by atoms with Gasteiger partial charge in [-0.25, -0.2) is 0 Å². The Hall–Kier alpha value is -3.17. The van der Waals surface area contributed by atoms with Crippen molar-refractivity contribution in [2.45, 2.75) is 13.8 Å². The third-order valence-electron chi connectivity index (χ3n) is 4.36. The Balaban J connectivity index is 2.16. The first-order valence-electron chi connectivity index (χ1n) is 8.28. The smallest absolute Gasteiger partial charge is 0.243 e. The number of nitrogens with one attached hydrogen (secondary N) is 2. The van der Waals surface area contributed by atoms with Crippen LogP contribution in [0.4, 0.5) is 5.69 Å². The number of methoxy groups -OCH3 is 2. The topological polar surface area (TPSA) is 124 Å². The maximum absolute atomic E-state index is 12.4. The lowest BCUT2D eigenvalue weighted by Gasteiger charge is -2.34. The molecule has 0 unspecified atom stereocenters. The lowest BCUT2D eigenvalue weighted by Crippen LogP contribution is -2.44. The van der Waals surface area contributed by atoms with Crippen LogP contribution >= 0.6 is 11.8 Å². The molecule has 0 saturated carbocycles. The molecule has 0 spiro atoms. The Morgan fingerprint density at radius 1 is 1.32 bits per heavy atom. The number of nitrogens with zero attached hydrogens (tertiary/aromatic N) is 2. The summed E-state index contributed by atoms with van der Waals surface area (Å²) >= 11 is 1.03. The maximum atomic E-state index is 12.4. The second-order valence-corrected chi connectivity index (χ2v) is 7.48. The minimum absolute atomic E-state index is 0.0472. The van der Waals surface area contributed by atoms with Crippen molar-refractivity contribution in [2.75, 3.05) is 25.3 Å². The van der Waals surface area contributed by atoms with E-state index in [1.807, 2.05) is 6.07 Å². The molecule has 2 rings (SSSR count). The molecule has 2 N–H and O–H groups in total. The summed E-state index contributed by atoms with van der Waals surface area (Å²) < 4.78 is 10.4. The summed E-state index contributed by atoms with van der Waals surface area (Å²) in [6.07, 6.45) is 0. The van der Waals surface area contributed by atoms with Crippen molar-refractivity contribution in [1.82, 2.24) is 5.32 Å². The summed E-state index contributed by atoms with van der Waals surface area (Å²) in [6.45, 7) is 3.33. The van der Waals surface area contributed by atoms with E-state index in [1.165, 1.54) is 14.2 Å². The molecule has 0 fully saturated rings. The second-order valence-electron chi connectivity index (χ2n) is 6.49. The number of amides is 2. The van der Waals surface area contributed by atoms with Gasteiger partial charge in [0.15, 0.2) is 0 Å². The summed E-state index contributed by atoms with van der Waals surface area (Å²) in [5, 5.41) is 24.3. The number of ether oxygens (including phenoxy) is 2. The largest absolute Gasteiger partial charge is 0.497 e. The number of hydrogen-bond acceptors (Lipinski definition) is 7. The summed E-state index contributed by atoms with van der Waals surface area (Å²) in [6, 6.07) is 9.01. The zero-order chi connectivity index (χ0) is 20.9. The molecular weight excluding hydrogens is 380 g/mol. The van der Waals surface area contributed by atoms with E-state index in [9.17, 15) is 20.1 Å². The van der Waals surface area contributed by atoms with Crippen molar-refractivity contribution in [3.63, 3.8) is 0 Å². The quantitative estimate of drug-likeness (QED) is 0.751. The summed E-state index contributed by atoms with van der Waals surface area (Å²) in [5.74, 6) is -0.822. The van der Waals surface area contributed by atoms with E-state index in [2.05, 4.69) is 16.7 Å². The Morgan fingerprint density at radius 3 is 2.61 bits per heavy atom. The third kappa shape index (κ3) is 4.21. The maximum Gasteiger partial charge on any atom is 0.243 e. The Morgan fingerprint density at radius 2 is 2.04 bits per heavy atom. The molecule has 8 nitrogen and oxygen atoms in total. The van der Waals surface area contributed by atoms with E-state index in [0.29, 0.717) is 17.2 Å². The van der Waals surface area contributed by atoms with E-state index >= 15 is 0 Å². The van der Waals surface area contributed by atoms with Crippen molar-refractivity contribution in [1.29, 1.82) is 10.5 Å². The highest BCUT2D eigenvalue weighted by atomic mass is 32.2. The fourth-order valence-corrected chi connectivity index (χ4v) is 3.74. The molecule has 1 aliphatic rings. The zero-order valence-electron chi connectivity index (χ0n) is 16.0. The van der Waals surface area contributed by atoms with Crippen molar-refractivity contribution < 1.29 is 19.1 Å². The van der Waals surface area contributed by atoms with Crippen LogP contribution in [0, 0.1) is 34.0 Å². The number of hydrogen-bond donors (Lipinski definition) is 2. The molecule has 0 bridgehead atoms. The molecule has 0 saturated heterocycles. The minimum Gasteiger partial charge on any atom is -0.497 e. The SMILES string of the molecule is COc1ccc(OC)c(NC(=O)CSC2=C(C#N)C(C)(C)[C@H](C#N)C(=O)N2)c1. The molecular formula is C19H20N4O4S. The number of carbonyl (C=O) groups is 2. The monoisotopic (exact) mass is 400 g/mol. The van der Waals surface area contributed by atoms with Gasteiger partial charge in [0.1, 0.15) is 17.4 Å². The first-order chi connectivity index (χ1) is 13.3. The molecule has 1 heterocycles. The molecule has 0 aromatic heterocycles. The second kappa shape index (κ2) is 8.68. The van der Waals surface area contributed by atoms with Gasteiger partial charge in [0.2, 0.25) is 11.8 Å². The van der Waals surface area contributed by atoms with E-state index in [-0.39, 0.29) is 22.3 Å². The Labute approximate surface area is 167 Å². The van der Waals surface area contributed by atoms with E-state index < -0.39 is 17.2 Å². The average molecular weight is 400 g/mol. The van der Waals surface area contributed by atoms with Crippen LogP contribution in [-0.4, -0.2) is 31.8 Å². The minimum atomic E-state index is -0.971. The Bertz CT molecular complexity index is 911. The number of rotatable bonds is 6. The normalized spacial score (nSPS) is 17.8. The predicted molar refractivity (Wildman–Crippen MR) is 104 cm³/mol. The van der Waals surface area contributed by atoms with Gasteiger partial charge in [0, 0.05) is 11.5 Å². The fraction of sp³-hybridized carbons (Fsp3) is 0.368. The molecule has 2 amide bonds. The van der Waals surface area contributed by atoms with Gasteiger partial charge in [-0.2, -0.15) is 10.5 Å². The first kappa shape index (κ1) is 21.1. The van der Waals surface area contributed by atoms with E-state index in [4.69, 9.17) is 9.47 Å². The van der Waals surface area contributed by atoms with Gasteiger partial charge in [0.25, 0.3) is 0 Å². The van der Waals surface area contributed by atoms with Crippen LogP contribution in [-0.2, 0) is 9.59 Å². The van der Waals surface area contributed by atoms with Crippen LogP contribution < -0.4 is 20.1 Å². The molecule has 0 radical (unpaired) electrons. The van der Waals surface area contributed by atoms with Crippen molar-refractivity contribution in [3.8, 4) is 23.6 Å². The summed E-state index contributed by atoms with van der Waals surface area (Å²) in [5.41, 5.74) is -0.226. The third-order valence-corrected chi connectivity index (χ3v) is 5.36. The molecule has 28 heavy (non-hydrogen) atoms. The van der Waals surface area contributed by atoms with Gasteiger partial charge in [0.05, 0.1) is 48.4 Å². The lowest BCUT2D eigenvalue weighted by atomic mass is 9.72. The van der Waals surface area contributed by atoms with Crippen molar-refractivity contribution in [2.24, 2.45) is 11.3 Å². The molecule has 0 aliphatic carbocycles. The summed E-state index contributed by atoms with van der Waals surface area (Å²) in [4.78, 5) is 24.6. The fourth-order valence-electron chi connectivity index (χ4n) is 2.77. The van der Waals surface area contributed by atoms with E-state index in [0.717, 1.165) is 11.8 Å². The lowest BCUT2D eigenvalue weighted by molar-refractivity contribution is -0.125. The highest BCUT2D eigenvalue weighted by molar-refractivity contribution is 8.03. The summed E-state index contributed by atoms with van der Waals surface area (Å²) in [7, 11) is 3.00. The van der Waals surface area contributed by atoms with Crippen LogP contribution in [0.25, 0.3) is 0 Å². The average Bonchev–Trinajstić information content (AvgIpc) is 2.65. The molecule has 9 heteroatoms. The van der Waals surface area contributed by atoms with Crippen LogP contribution in [0.2, 0.25) is 0 Å². The molecule has 146 valence electrons. The van der Waals surface area contributed by atoms with Gasteiger partial charge in [-0.05, 0) is 12.1 Å². The highest BCUT2D eigenvalue weighted by Gasteiger charge is 2.44. The van der Waals surface area contributed by atoms with Gasteiger partial charge < -0.3 is 20.1 Å². The standard InChI is InChI=1S/C19H20N4O4S/c1-19(2)12(8-20)17(25)23-18(13(19)9-21)28-10-16(24)22-14-7-11(26-3)5-6-15(14)27-4/h5-7,12H,10H2,1-4H3,(H,22,24)(H,23,25)/t12-/m1/s1. The van der Waals surface area contributed by atoms with Crippen LogP contribution in [0.15, 0.2) is 28.8 Å². The van der Waals surface area contributed by atoms with Crippen molar-refractivity contribution in [3.05, 3.63) is 28.8 Å². The molecule has 1 aromatic rings. The number of anilines is 1. The molecule has 1 aromatic carbocycles. The predicted octanol–water partition coefficient (Wildman–Crippen LogP) is 2.41. The number of nitriles is 2. The number of benzene rings is 1. The first-order valence-corrected chi connectivity index (χ1v) is 9.27. The van der Waals surface area contributed by atoms with Gasteiger partial charge >= 0.3 is 0 Å². The van der Waals surface area contributed by atoms with Crippen LogP contribution in [0.3, 0.4) is 0 Å².